The van der Waals surface area contributed by atoms with Crippen LogP contribution in [0.5, 0.6) is 0 Å². The van der Waals surface area contributed by atoms with Gasteiger partial charge in [-0.3, -0.25) is 4.79 Å². The normalized spacial score (nSPS) is 19.2. The molecule has 0 aliphatic heterocycles. The minimum atomic E-state index is -0.372. The van der Waals surface area contributed by atoms with Gasteiger partial charge in [-0.15, -0.1) is 0 Å². The van der Waals surface area contributed by atoms with Crippen molar-refractivity contribution in [3.8, 4) is 0 Å². The molecule has 2 N–H and O–H groups in total. The Balaban J connectivity index is 2.62. The molecule has 3 nitrogen and oxygen atoms in total. The molecule has 1 amide bonds. The number of likely N-dealkylation sites (N-methyl/N-ethyl adjacent to an activating group) is 1. The molecular weight excluding hydrogens is 176 g/mol. The SMILES string of the molecule is CCN(C(=O)[C@@H](N)C(C)(C)C)C1CC1. The van der Waals surface area contributed by atoms with Gasteiger partial charge in [0.15, 0.2) is 0 Å². The highest BCUT2D eigenvalue weighted by molar-refractivity contribution is 5.83. The summed E-state index contributed by atoms with van der Waals surface area (Å²) in [5, 5.41) is 0. The lowest BCUT2D eigenvalue weighted by Crippen LogP contribution is -2.51. The summed E-state index contributed by atoms with van der Waals surface area (Å²) < 4.78 is 0. The van der Waals surface area contributed by atoms with Crippen LogP contribution in [0.4, 0.5) is 0 Å². The molecule has 3 heteroatoms. The summed E-state index contributed by atoms with van der Waals surface area (Å²) in [6, 6.07) is 0.101. The highest BCUT2D eigenvalue weighted by atomic mass is 16.2. The number of nitrogens with zero attached hydrogens (tertiary/aromatic N) is 1. The maximum Gasteiger partial charge on any atom is 0.240 e. The van der Waals surface area contributed by atoms with E-state index >= 15 is 0 Å². The average molecular weight is 198 g/mol. The van der Waals surface area contributed by atoms with E-state index in [1.807, 2.05) is 32.6 Å². The van der Waals surface area contributed by atoms with Crippen molar-refractivity contribution in [1.82, 2.24) is 4.90 Å². The van der Waals surface area contributed by atoms with Gasteiger partial charge < -0.3 is 10.6 Å². The molecule has 14 heavy (non-hydrogen) atoms. The van der Waals surface area contributed by atoms with Crippen LogP contribution in [0.15, 0.2) is 0 Å². The van der Waals surface area contributed by atoms with Gasteiger partial charge in [-0.2, -0.15) is 0 Å². The van der Waals surface area contributed by atoms with Crippen LogP contribution in [-0.4, -0.2) is 29.4 Å². The molecule has 1 aliphatic carbocycles. The maximum atomic E-state index is 12.0. The Kier molecular flexibility index (Phi) is 3.20. The van der Waals surface area contributed by atoms with Crippen LogP contribution in [0.1, 0.15) is 40.5 Å². The lowest BCUT2D eigenvalue weighted by molar-refractivity contribution is -0.135. The van der Waals surface area contributed by atoms with E-state index < -0.39 is 0 Å². The zero-order valence-corrected chi connectivity index (χ0v) is 9.71. The van der Waals surface area contributed by atoms with Crippen LogP contribution in [0.2, 0.25) is 0 Å². The van der Waals surface area contributed by atoms with Crippen molar-refractivity contribution in [1.29, 1.82) is 0 Å². The zero-order valence-electron chi connectivity index (χ0n) is 9.71. The molecule has 0 aromatic heterocycles. The van der Waals surface area contributed by atoms with Crippen LogP contribution in [0, 0.1) is 5.41 Å². The molecule has 1 fully saturated rings. The Bertz CT molecular complexity index is 212. The van der Waals surface area contributed by atoms with E-state index in [2.05, 4.69) is 0 Å². The molecule has 0 radical (unpaired) electrons. The molecule has 0 unspecified atom stereocenters. The standard InChI is InChI=1S/C11H22N2O/c1-5-13(8-6-7-8)10(14)9(12)11(2,3)4/h8-9H,5-7,12H2,1-4H3/t9-/m1/s1. The third-order valence-electron chi connectivity index (χ3n) is 2.81. The molecule has 1 saturated carbocycles. The Morgan fingerprint density at radius 3 is 2.29 bits per heavy atom. The van der Waals surface area contributed by atoms with Gasteiger partial charge in [-0.25, -0.2) is 0 Å². The van der Waals surface area contributed by atoms with E-state index in [0.29, 0.717) is 6.04 Å². The predicted octanol–water partition coefficient (Wildman–Crippen LogP) is 1.37. The van der Waals surface area contributed by atoms with Crippen molar-refractivity contribution in [2.24, 2.45) is 11.1 Å². The highest BCUT2D eigenvalue weighted by Gasteiger charge is 2.37. The van der Waals surface area contributed by atoms with Crippen molar-refractivity contribution in [3.05, 3.63) is 0 Å². The first kappa shape index (κ1) is 11.5. The molecule has 0 saturated heterocycles. The first-order valence-electron chi connectivity index (χ1n) is 5.44. The molecule has 0 bridgehead atoms. The fourth-order valence-corrected chi connectivity index (χ4v) is 1.53. The van der Waals surface area contributed by atoms with E-state index in [0.717, 1.165) is 19.4 Å². The van der Waals surface area contributed by atoms with E-state index in [4.69, 9.17) is 5.73 Å². The van der Waals surface area contributed by atoms with Crippen molar-refractivity contribution in [3.63, 3.8) is 0 Å². The summed E-state index contributed by atoms with van der Waals surface area (Å²) in [5.74, 6) is 0.113. The second kappa shape index (κ2) is 3.89. The summed E-state index contributed by atoms with van der Waals surface area (Å²) in [5.41, 5.74) is 5.81. The molecule has 1 rings (SSSR count). The minimum Gasteiger partial charge on any atom is -0.339 e. The number of carbonyl (C=O) groups is 1. The predicted molar refractivity (Wildman–Crippen MR) is 57.8 cm³/mol. The topological polar surface area (TPSA) is 46.3 Å². The third-order valence-corrected chi connectivity index (χ3v) is 2.81. The van der Waals surface area contributed by atoms with Gasteiger partial charge in [0.1, 0.15) is 0 Å². The summed E-state index contributed by atoms with van der Waals surface area (Å²) in [6.07, 6.45) is 2.30. The van der Waals surface area contributed by atoms with E-state index in [1.165, 1.54) is 0 Å². The molecule has 1 aliphatic rings. The Morgan fingerprint density at radius 2 is 2.00 bits per heavy atom. The van der Waals surface area contributed by atoms with Crippen LogP contribution in [-0.2, 0) is 4.79 Å². The number of hydrogen-bond acceptors (Lipinski definition) is 2. The van der Waals surface area contributed by atoms with E-state index in [-0.39, 0.29) is 17.4 Å². The van der Waals surface area contributed by atoms with Crippen molar-refractivity contribution < 1.29 is 4.79 Å². The zero-order chi connectivity index (χ0) is 10.9. The van der Waals surface area contributed by atoms with Gasteiger partial charge in [0.05, 0.1) is 6.04 Å². The number of amides is 1. The van der Waals surface area contributed by atoms with Gasteiger partial charge in [0, 0.05) is 12.6 Å². The molecule has 0 aromatic carbocycles. The molecule has 82 valence electrons. The Morgan fingerprint density at radius 1 is 1.50 bits per heavy atom. The van der Waals surface area contributed by atoms with Crippen LogP contribution in [0.3, 0.4) is 0 Å². The van der Waals surface area contributed by atoms with Gasteiger partial charge in [-0.05, 0) is 25.2 Å². The first-order chi connectivity index (χ1) is 6.38. The van der Waals surface area contributed by atoms with Crippen LogP contribution in [0.25, 0.3) is 0 Å². The summed E-state index contributed by atoms with van der Waals surface area (Å²) in [4.78, 5) is 13.9. The number of carbonyl (C=O) groups excluding carboxylic acids is 1. The fourth-order valence-electron chi connectivity index (χ4n) is 1.53. The van der Waals surface area contributed by atoms with Gasteiger partial charge in [0.25, 0.3) is 0 Å². The average Bonchev–Trinajstić information content (AvgIpc) is 2.86. The van der Waals surface area contributed by atoms with Crippen molar-refractivity contribution in [2.75, 3.05) is 6.54 Å². The van der Waals surface area contributed by atoms with Gasteiger partial charge >= 0.3 is 0 Å². The molecule has 0 heterocycles. The molecule has 0 aromatic rings. The van der Waals surface area contributed by atoms with Gasteiger partial charge in [-0.1, -0.05) is 20.8 Å². The van der Waals surface area contributed by atoms with Gasteiger partial charge in [0.2, 0.25) is 5.91 Å². The minimum absolute atomic E-state index is 0.113. The Hall–Kier alpha value is -0.570. The Labute approximate surface area is 86.6 Å². The van der Waals surface area contributed by atoms with Crippen LogP contribution < -0.4 is 5.73 Å². The number of rotatable bonds is 3. The summed E-state index contributed by atoms with van der Waals surface area (Å²) in [6.45, 7) is 8.84. The van der Waals surface area contributed by atoms with Crippen LogP contribution >= 0.6 is 0 Å². The maximum absolute atomic E-state index is 12.0. The highest BCUT2D eigenvalue weighted by Crippen LogP contribution is 2.29. The number of nitrogens with two attached hydrogens (primary N) is 1. The molecule has 0 spiro atoms. The first-order valence-corrected chi connectivity index (χ1v) is 5.44. The second-order valence-electron chi connectivity index (χ2n) is 5.20. The van der Waals surface area contributed by atoms with Crippen molar-refractivity contribution >= 4 is 5.91 Å². The fraction of sp³-hybridized carbons (Fsp3) is 0.909. The third kappa shape index (κ3) is 2.47. The smallest absolute Gasteiger partial charge is 0.240 e. The van der Waals surface area contributed by atoms with E-state index in [1.54, 1.807) is 0 Å². The lowest BCUT2D eigenvalue weighted by atomic mass is 9.86. The largest absolute Gasteiger partial charge is 0.339 e. The van der Waals surface area contributed by atoms with Crippen molar-refractivity contribution in [2.45, 2.75) is 52.6 Å². The number of hydrogen-bond donors (Lipinski definition) is 1. The monoisotopic (exact) mass is 198 g/mol. The summed E-state index contributed by atoms with van der Waals surface area (Å²) >= 11 is 0. The quantitative estimate of drug-likeness (QED) is 0.744. The lowest BCUT2D eigenvalue weighted by Gasteiger charge is -2.31. The van der Waals surface area contributed by atoms with E-state index in [9.17, 15) is 4.79 Å². The second-order valence-corrected chi connectivity index (χ2v) is 5.20. The molecular formula is C11H22N2O. The molecule has 1 atom stereocenters. The summed E-state index contributed by atoms with van der Waals surface area (Å²) in [7, 11) is 0.